The minimum atomic E-state index is 0.262. The van der Waals surface area contributed by atoms with Crippen molar-refractivity contribution >= 4 is 22.5 Å². The molecule has 102 valence electrons. The molecule has 0 radical (unpaired) electrons. The second-order valence-corrected chi connectivity index (χ2v) is 5.17. The first-order valence-electron chi connectivity index (χ1n) is 6.65. The molecular formula is C15H15ClN4. The van der Waals surface area contributed by atoms with E-state index >= 15 is 0 Å². The van der Waals surface area contributed by atoms with Gasteiger partial charge in [0, 0.05) is 23.2 Å². The maximum Gasteiger partial charge on any atom is 0.222 e. The van der Waals surface area contributed by atoms with Crippen molar-refractivity contribution in [2.45, 2.75) is 26.3 Å². The van der Waals surface area contributed by atoms with Crippen LogP contribution in [0.4, 0.5) is 0 Å². The van der Waals surface area contributed by atoms with Gasteiger partial charge in [0.25, 0.3) is 0 Å². The Labute approximate surface area is 122 Å². The van der Waals surface area contributed by atoms with Crippen LogP contribution in [0.25, 0.3) is 22.2 Å². The Kier molecular flexibility index (Phi) is 3.40. The van der Waals surface area contributed by atoms with E-state index in [1.807, 2.05) is 18.3 Å². The molecule has 0 amide bonds. The molecule has 2 aromatic heterocycles. The molecule has 0 aliphatic carbocycles. The maximum absolute atomic E-state index is 5.86. The Balaban J connectivity index is 2.14. The largest absolute Gasteiger partial charge is 0.262 e. The lowest BCUT2D eigenvalue weighted by molar-refractivity contribution is 0.493. The third-order valence-electron chi connectivity index (χ3n) is 3.53. The van der Waals surface area contributed by atoms with Gasteiger partial charge in [0.15, 0.2) is 0 Å². The van der Waals surface area contributed by atoms with Crippen LogP contribution in [-0.2, 0) is 0 Å². The van der Waals surface area contributed by atoms with E-state index in [2.05, 4.69) is 45.7 Å². The van der Waals surface area contributed by atoms with Crippen LogP contribution in [0.2, 0.25) is 5.28 Å². The summed E-state index contributed by atoms with van der Waals surface area (Å²) in [5.41, 5.74) is 2.96. The van der Waals surface area contributed by atoms with Crippen LogP contribution in [0.5, 0.6) is 0 Å². The van der Waals surface area contributed by atoms with Gasteiger partial charge in [-0.3, -0.25) is 4.68 Å². The van der Waals surface area contributed by atoms with Crippen molar-refractivity contribution in [2.75, 3.05) is 0 Å². The van der Waals surface area contributed by atoms with E-state index in [1.54, 1.807) is 6.20 Å². The first-order chi connectivity index (χ1) is 9.69. The third kappa shape index (κ3) is 2.27. The molecule has 1 atom stereocenters. The number of halogens is 1. The molecule has 0 bridgehead atoms. The summed E-state index contributed by atoms with van der Waals surface area (Å²) in [4.78, 5) is 8.17. The Bertz CT molecular complexity index is 750. The highest BCUT2D eigenvalue weighted by molar-refractivity contribution is 6.28. The van der Waals surface area contributed by atoms with E-state index in [0.717, 1.165) is 28.6 Å². The van der Waals surface area contributed by atoms with Gasteiger partial charge in [0.2, 0.25) is 5.28 Å². The van der Waals surface area contributed by atoms with E-state index in [-0.39, 0.29) is 5.28 Å². The molecule has 20 heavy (non-hydrogen) atoms. The number of rotatable bonds is 3. The van der Waals surface area contributed by atoms with Gasteiger partial charge in [-0.2, -0.15) is 5.10 Å². The summed E-state index contributed by atoms with van der Waals surface area (Å²) in [6.07, 6.45) is 4.61. The van der Waals surface area contributed by atoms with Gasteiger partial charge < -0.3 is 0 Å². The van der Waals surface area contributed by atoms with Gasteiger partial charge in [0.1, 0.15) is 0 Å². The van der Waals surface area contributed by atoms with Crippen LogP contribution < -0.4 is 0 Å². The molecule has 3 rings (SSSR count). The highest BCUT2D eigenvalue weighted by Gasteiger charge is 2.10. The van der Waals surface area contributed by atoms with Gasteiger partial charge in [-0.05, 0) is 37.1 Å². The zero-order valence-electron chi connectivity index (χ0n) is 11.4. The van der Waals surface area contributed by atoms with Crippen molar-refractivity contribution in [3.63, 3.8) is 0 Å². The Morgan fingerprint density at radius 1 is 1.30 bits per heavy atom. The highest BCUT2D eigenvalue weighted by Crippen LogP contribution is 2.25. The zero-order valence-corrected chi connectivity index (χ0v) is 12.2. The predicted molar refractivity (Wildman–Crippen MR) is 80.8 cm³/mol. The zero-order chi connectivity index (χ0) is 14.1. The fourth-order valence-electron chi connectivity index (χ4n) is 2.22. The number of fused-ring (bicyclic) bond motifs is 1. The maximum atomic E-state index is 5.86. The molecular weight excluding hydrogens is 272 g/mol. The third-order valence-corrected chi connectivity index (χ3v) is 3.71. The molecule has 3 aromatic rings. The predicted octanol–water partition coefficient (Wildman–Crippen LogP) is 4.12. The summed E-state index contributed by atoms with van der Waals surface area (Å²) in [6, 6.07) is 8.43. The fourth-order valence-corrected chi connectivity index (χ4v) is 2.36. The van der Waals surface area contributed by atoms with E-state index < -0.39 is 0 Å². The molecule has 4 nitrogen and oxygen atoms in total. The van der Waals surface area contributed by atoms with Crippen LogP contribution in [0.1, 0.15) is 26.3 Å². The van der Waals surface area contributed by atoms with Crippen molar-refractivity contribution < 1.29 is 0 Å². The van der Waals surface area contributed by atoms with Gasteiger partial charge >= 0.3 is 0 Å². The minimum absolute atomic E-state index is 0.262. The first-order valence-corrected chi connectivity index (χ1v) is 7.03. The molecule has 0 spiro atoms. The molecule has 1 aromatic carbocycles. The average molecular weight is 287 g/mol. The number of nitrogens with zero attached hydrogens (tertiary/aromatic N) is 4. The van der Waals surface area contributed by atoms with Gasteiger partial charge in [-0.15, -0.1) is 0 Å². The topological polar surface area (TPSA) is 43.6 Å². The fraction of sp³-hybridized carbons (Fsp3) is 0.267. The van der Waals surface area contributed by atoms with E-state index in [0.29, 0.717) is 6.04 Å². The normalized spacial score (nSPS) is 12.8. The minimum Gasteiger partial charge on any atom is -0.262 e. The molecule has 2 heterocycles. The summed E-state index contributed by atoms with van der Waals surface area (Å²) in [7, 11) is 0. The Morgan fingerprint density at radius 3 is 2.90 bits per heavy atom. The second-order valence-electron chi connectivity index (χ2n) is 4.83. The summed E-state index contributed by atoms with van der Waals surface area (Å²) in [6.45, 7) is 4.33. The van der Waals surface area contributed by atoms with Crippen molar-refractivity contribution in [1.29, 1.82) is 0 Å². The first kappa shape index (κ1) is 13.1. The van der Waals surface area contributed by atoms with Crippen molar-refractivity contribution in [1.82, 2.24) is 19.7 Å². The number of benzene rings is 1. The Morgan fingerprint density at radius 2 is 2.15 bits per heavy atom. The van der Waals surface area contributed by atoms with E-state index in [9.17, 15) is 0 Å². The summed E-state index contributed by atoms with van der Waals surface area (Å²) in [5, 5.41) is 5.87. The summed E-state index contributed by atoms with van der Waals surface area (Å²) < 4.78 is 2.06. The van der Waals surface area contributed by atoms with Crippen molar-refractivity contribution in [2.24, 2.45) is 0 Å². The van der Waals surface area contributed by atoms with Crippen LogP contribution in [0, 0.1) is 0 Å². The monoisotopic (exact) mass is 286 g/mol. The lowest BCUT2D eigenvalue weighted by Gasteiger charge is -2.11. The molecule has 0 fully saturated rings. The highest BCUT2D eigenvalue weighted by atomic mass is 35.5. The quantitative estimate of drug-likeness (QED) is 0.680. The van der Waals surface area contributed by atoms with Crippen LogP contribution in [-0.4, -0.2) is 19.7 Å². The van der Waals surface area contributed by atoms with E-state index in [1.165, 1.54) is 0 Å². The second kappa shape index (κ2) is 5.21. The molecule has 0 aliphatic rings. The van der Waals surface area contributed by atoms with Gasteiger partial charge in [0.05, 0.1) is 17.4 Å². The SMILES string of the molecule is CCC(C)n1ncc2ccc(-c3ccnc(Cl)n3)cc21. The molecule has 5 heteroatoms. The van der Waals surface area contributed by atoms with Crippen molar-refractivity contribution in [3.05, 3.63) is 41.9 Å². The lowest BCUT2D eigenvalue weighted by atomic mass is 10.1. The number of aromatic nitrogens is 4. The van der Waals surface area contributed by atoms with Crippen LogP contribution in [0.3, 0.4) is 0 Å². The van der Waals surface area contributed by atoms with Crippen LogP contribution >= 0.6 is 11.6 Å². The molecule has 0 N–H and O–H groups in total. The van der Waals surface area contributed by atoms with E-state index in [4.69, 9.17) is 11.6 Å². The van der Waals surface area contributed by atoms with Crippen LogP contribution in [0.15, 0.2) is 36.7 Å². The molecule has 0 saturated heterocycles. The Hall–Kier alpha value is -1.94. The van der Waals surface area contributed by atoms with Crippen molar-refractivity contribution in [3.8, 4) is 11.3 Å². The average Bonchev–Trinajstić information content (AvgIpc) is 2.89. The number of hydrogen-bond acceptors (Lipinski definition) is 3. The lowest BCUT2D eigenvalue weighted by Crippen LogP contribution is -2.05. The number of hydrogen-bond donors (Lipinski definition) is 0. The van der Waals surface area contributed by atoms with Gasteiger partial charge in [-0.25, -0.2) is 9.97 Å². The molecule has 0 aliphatic heterocycles. The standard InChI is InChI=1S/C15H15ClN4/c1-3-10(2)20-14-8-11(4-5-12(14)9-18-20)13-6-7-17-15(16)19-13/h4-10H,3H2,1-2H3. The molecule has 1 unspecified atom stereocenters. The smallest absolute Gasteiger partial charge is 0.222 e. The summed E-state index contributed by atoms with van der Waals surface area (Å²) in [5.74, 6) is 0. The summed E-state index contributed by atoms with van der Waals surface area (Å²) >= 11 is 5.86. The van der Waals surface area contributed by atoms with Gasteiger partial charge in [-0.1, -0.05) is 19.1 Å². The molecule has 0 saturated carbocycles.